The molecule has 0 spiro atoms. The van der Waals surface area contributed by atoms with Crippen molar-refractivity contribution in [2.24, 2.45) is 5.73 Å². The lowest BCUT2D eigenvalue weighted by Gasteiger charge is -2.09. The van der Waals surface area contributed by atoms with Crippen LogP contribution in [0.25, 0.3) is 0 Å². The van der Waals surface area contributed by atoms with Gasteiger partial charge >= 0.3 is 0 Å². The van der Waals surface area contributed by atoms with Crippen LogP contribution in [0.5, 0.6) is 0 Å². The average molecular weight is 271 g/mol. The number of nitrogens with zero attached hydrogens (tertiary/aromatic N) is 1. The van der Waals surface area contributed by atoms with E-state index >= 15 is 0 Å². The summed E-state index contributed by atoms with van der Waals surface area (Å²) in [4.78, 5) is 3.76. The first-order valence-corrected chi connectivity index (χ1v) is 4.56. The molecule has 2 nitrogen and oxygen atoms in total. The van der Waals surface area contributed by atoms with Gasteiger partial charge < -0.3 is 5.73 Å². The van der Waals surface area contributed by atoms with E-state index in [0.29, 0.717) is 4.60 Å². The molecular weight excluding hydrogens is 265 g/mol. The minimum absolute atomic E-state index is 0.0200. The van der Waals surface area contributed by atoms with Crippen LogP contribution in [0.1, 0.15) is 17.6 Å². The zero-order valence-corrected chi connectivity index (χ0v) is 8.74. The molecular formula is C7H6BrClF2N2. The highest BCUT2D eigenvalue weighted by atomic mass is 79.9. The van der Waals surface area contributed by atoms with Crippen LogP contribution in [0.4, 0.5) is 8.78 Å². The monoisotopic (exact) mass is 270 g/mol. The van der Waals surface area contributed by atoms with Crippen molar-refractivity contribution in [2.45, 2.75) is 13.0 Å². The molecule has 0 radical (unpaired) electrons. The van der Waals surface area contributed by atoms with Crippen LogP contribution in [0.3, 0.4) is 0 Å². The van der Waals surface area contributed by atoms with Gasteiger partial charge in [0.2, 0.25) is 0 Å². The van der Waals surface area contributed by atoms with Crippen LogP contribution in [-0.2, 0) is 6.54 Å². The van der Waals surface area contributed by atoms with Crippen LogP contribution >= 0.6 is 27.5 Å². The van der Waals surface area contributed by atoms with E-state index in [1.54, 1.807) is 0 Å². The Bertz CT molecular complexity index is 320. The number of rotatable bonds is 2. The fourth-order valence-electron chi connectivity index (χ4n) is 0.946. The lowest BCUT2D eigenvalue weighted by atomic mass is 10.1. The van der Waals surface area contributed by atoms with Gasteiger partial charge in [0.1, 0.15) is 4.60 Å². The molecule has 0 saturated heterocycles. The van der Waals surface area contributed by atoms with Crippen molar-refractivity contribution in [2.75, 3.05) is 0 Å². The summed E-state index contributed by atoms with van der Waals surface area (Å²) in [6.45, 7) is -0.0200. The Morgan fingerprint density at radius 3 is 2.62 bits per heavy atom. The number of alkyl halides is 2. The van der Waals surface area contributed by atoms with E-state index < -0.39 is 6.43 Å². The summed E-state index contributed by atoms with van der Waals surface area (Å²) in [6, 6.07) is 0. The van der Waals surface area contributed by atoms with Crippen LogP contribution in [0.15, 0.2) is 10.8 Å². The molecule has 1 rings (SSSR count). The van der Waals surface area contributed by atoms with E-state index in [1.807, 2.05) is 0 Å². The maximum absolute atomic E-state index is 12.5. The van der Waals surface area contributed by atoms with E-state index in [2.05, 4.69) is 20.9 Å². The van der Waals surface area contributed by atoms with Crippen molar-refractivity contribution in [3.05, 3.63) is 26.9 Å². The van der Waals surface area contributed by atoms with Gasteiger partial charge in [-0.15, -0.1) is 0 Å². The molecule has 1 aromatic rings. The van der Waals surface area contributed by atoms with Gasteiger partial charge in [0.05, 0.1) is 5.02 Å². The molecule has 0 saturated carbocycles. The molecule has 0 aliphatic heterocycles. The standard InChI is InChI=1S/C7H6BrClF2N2/c8-6-3(1-12)5(7(10)11)4(9)2-13-6/h2,7H,1,12H2. The topological polar surface area (TPSA) is 38.9 Å². The molecule has 0 unspecified atom stereocenters. The molecule has 13 heavy (non-hydrogen) atoms. The van der Waals surface area contributed by atoms with Crippen molar-refractivity contribution < 1.29 is 8.78 Å². The van der Waals surface area contributed by atoms with E-state index in [9.17, 15) is 8.78 Å². The molecule has 72 valence electrons. The third kappa shape index (κ3) is 2.15. The Morgan fingerprint density at radius 1 is 1.62 bits per heavy atom. The first-order valence-electron chi connectivity index (χ1n) is 3.39. The Labute approximate surface area is 87.2 Å². The number of hydrogen-bond donors (Lipinski definition) is 1. The summed E-state index contributed by atoms with van der Waals surface area (Å²) in [7, 11) is 0. The van der Waals surface area contributed by atoms with Gasteiger partial charge in [0, 0.05) is 23.9 Å². The molecule has 6 heteroatoms. The molecule has 0 aromatic carbocycles. The van der Waals surface area contributed by atoms with Gasteiger partial charge in [-0.3, -0.25) is 0 Å². The number of hydrogen-bond acceptors (Lipinski definition) is 2. The molecule has 0 amide bonds. The summed E-state index contributed by atoms with van der Waals surface area (Å²) < 4.78 is 25.2. The third-order valence-electron chi connectivity index (χ3n) is 1.55. The summed E-state index contributed by atoms with van der Waals surface area (Å²) in [5.41, 5.74) is 5.30. The molecule has 2 N–H and O–H groups in total. The minimum Gasteiger partial charge on any atom is -0.326 e. The quantitative estimate of drug-likeness (QED) is 0.840. The smallest absolute Gasteiger partial charge is 0.265 e. The molecule has 1 aromatic heterocycles. The molecule has 1 heterocycles. The van der Waals surface area contributed by atoms with E-state index in [1.165, 1.54) is 6.20 Å². The highest BCUT2D eigenvalue weighted by Crippen LogP contribution is 2.32. The SMILES string of the molecule is NCc1c(Br)ncc(Cl)c1C(F)F. The number of halogens is 4. The Hall–Kier alpha value is -0.260. The molecule has 0 fully saturated rings. The Kier molecular flexibility index (Phi) is 3.58. The summed E-state index contributed by atoms with van der Waals surface area (Å²) in [5.74, 6) is 0. The maximum atomic E-state index is 12.5. The van der Waals surface area contributed by atoms with Gasteiger partial charge in [-0.1, -0.05) is 11.6 Å². The zero-order chi connectivity index (χ0) is 10.0. The number of pyridine rings is 1. The fraction of sp³-hybridized carbons (Fsp3) is 0.286. The van der Waals surface area contributed by atoms with Crippen molar-refractivity contribution >= 4 is 27.5 Å². The van der Waals surface area contributed by atoms with E-state index in [0.717, 1.165) is 0 Å². The normalized spacial score (nSPS) is 10.9. The second-order valence-corrected chi connectivity index (χ2v) is 3.45. The van der Waals surface area contributed by atoms with Crippen molar-refractivity contribution in [1.82, 2.24) is 4.98 Å². The molecule has 0 aliphatic rings. The fourth-order valence-corrected chi connectivity index (χ4v) is 1.67. The van der Waals surface area contributed by atoms with Crippen LogP contribution in [0.2, 0.25) is 5.02 Å². The summed E-state index contributed by atoms with van der Waals surface area (Å²) >= 11 is 8.58. The highest BCUT2D eigenvalue weighted by molar-refractivity contribution is 9.10. The predicted molar refractivity (Wildman–Crippen MR) is 49.8 cm³/mol. The number of aromatic nitrogens is 1. The lowest BCUT2D eigenvalue weighted by Crippen LogP contribution is -2.05. The zero-order valence-electron chi connectivity index (χ0n) is 6.40. The second-order valence-electron chi connectivity index (χ2n) is 2.29. The maximum Gasteiger partial charge on any atom is 0.265 e. The largest absolute Gasteiger partial charge is 0.326 e. The van der Waals surface area contributed by atoms with Crippen LogP contribution in [0, 0.1) is 0 Å². The first-order chi connectivity index (χ1) is 6.07. The molecule has 0 atom stereocenters. The second kappa shape index (κ2) is 4.30. The Morgan fingerprint density at radius 2 is 2.23 bits per heavy atom. The summed E-state index contributed by atoms with van der Waals surface area (Å²) in [6.07, 6.45) is -1.46. The van der Waals surface area contributed by atoms with Gasteiger partial charge in [-0.2, -0.15) is 0 Å². The van der Waals surface area contributed by atoms with Gasteiger partial charge in [-0.05, 0) is 15.9 Å². The van der Waals surface area contributed by atoms with Gasteiger partial charge in [0.15, 0.2) is 0 Å². The first kappa shape index (κ1) is 10.8. The van der Waals surface area contributed by atoms with Gasteiger partial charge in [-0.25, -0.2) is 13.8 Å². The van der Waals surface area contributed by atoms with Gasteiger partial charge in [0.25, 0.3) is 6.43 Å². The van der Waals surface area contributed by atoms with Crippen LogP contribution in [-0.4, -0.2) is 4.98 Å². The summed E-state index contributed by atoms with van der Waals surface area (Å²) in [5, 5.41) is -0.0568. The van der Waals surface area contributed by atoms with Crippen molar-refractivity contribution in [3.8, 4) is 0 Å². The lowest BCUT2D eigenvalue weighted by molar-refractivity contribution is 0.150. The molecule has 0 aliphatic carbocycles. The third-order valence-corrected chi connectivity index (χ3v) is 2.53. The van der Waals surface area contributed by atoms with Crippen molar-refractivity contribution in [3.63, 3.8) is 0 Å². The minimum atomic E-state index is -2.63. The molecule has 0 bridgehead atoms. The van der Waals surface area contributed by atoms with E-state index in [4.69, 9.17) is 17.3 Å². The van der Waals surface area contributed by atoms with E-state index in [-0.39, 0.29) is 22.7 Å². The Balaban J connectivity index is 3.35. The number of nitrogens with two attached hydrogens (primary N) is 1. The average Bonchev–Trinajstić information content (AvgIpc) is 2.07. The van der Waals surface area contributed by atoms with Crippen molar-refractivity contribution in [1.29, 1.82) is 0 Å². The van der Waals surface area contributed by atoms with Crippen LogP contribution < -0.4 is 5.73 Å². The highest BCUT2D eigenvalue weighted by Gasteiger charge is 2.19. The predicted octanol–water partition coefficient (Wildman–Crippen LogP) is 2.89.